The van der Waals surface area contributed by atoms with Gasteiger partial charge in [0, 0.05) is 0 Å². The molecule has 2 bridgehead atoms. The second-order valence-corrected chi connectivity index (χ2v) is 4.22. The van der Waals surface area contributed by atoms with Crippen molar-refractivity contribution < 1.29 is 0 Å². The highest BCUT2D eigenvalue weighted by Crippen LogP contribution is 2.50. The molecule has 0 aliphatic heterocycles. The van der Waals surface area contributed by atoms with E-state index in [-0.39, 0.29) is 0 Å². The largest absolute Gasteiger partial charge is 0.330 e. The monoisotopic (exact) mass is 154 g/mol. The first kappa shape index (κ1) is 7.56. The van der Waals surface area contributed by atoms with Crippen LogP contribution in [0.3, 0.4) is 0 Å². The smallest absolute Gasteiger partial charge is 0.00461 e. The van der Waals surface area contributed by atoms with Crippen LogP contribution in [0.15, 0.2) is 0 Å². The summed E-state index contributed by atoms with van der Waals surface area (Å²) in [5, 5.41) is 0. The molecule has 2 aliphatic carbocycles. The fourth-order valence-corrected chi connectivity index (χ4v) is 3.09. The van der Waals surface area contributed by atoms with Crippen LogP contribution in [0.2, 0.25) is 0 Å². The fraction of sp³-hybridized carbons (Fsp3) is 1.00. The zero-order valence-electron chi connectivity index (χ0n) is 7.00. The first-order chi connectivity index (χ1) is 5.35. The van der Waals surface area contributed by atoms with Crippen molar-refractivity contribution in [3.05, 3.63) is 0 Å². The SMILES string of the molecule is NC[C@@H]1CC2CC1C[C@@H]2CN. The van der Waals surface area contributed by atoms with E-state index in [0.717, 1.165) is 36.8 Å². The van der Waals surface area contributed by atoms with Gasteiger partial charge in [0.05, 0.1) is 0 Å². The van der Waals surface area contributed by atoms with Crippen LogP contribution in [-0.2, 0) is 0 Å². The molecule has 0 spiro atoms. The summed E-state index contributed by atoms with van der Waals surface area (Å²) in [6, 6.07) is 0. The molecule has 2 nitrogen and oxygen atoms in total. The van der Waals surface area contributed by atoms with E-state index in [1.54, 1.807) is 0 Å². The number of fused-ring (bicyclic) bond motifs is 2. The third-order valence-corrected chi connectivity index (χ3v) is 3.76. The minimum Gasteiger partial charge on any atom is -0.330 e. The summed E-state index contributed by atoms with van der Waals surface area (Å²) < 4.78 is 0. The van der Waals surface area contributed by atoms with Crippen molar-refractivity contribution in [2.45, 2.75) is 19.3 Å². The van der Waals surface area contributed by atoms with Gasteiger partial charge in [0.2, 0.25) is 0 Å². The molecular formula is C9H18N2. The minimum atomic E-state index is 0.836. The van der Waals surface area contributed by atoms with E-state index in [0.29, 0.717) is 0 Å². The van der Waals surface area contributed by atoms with Crippen LogP contribution >= 0.6 is 0 Å². The number of hydrogen-bond donors (Lipinski definition) is 2. The maximum absolute atomic E-state index is 5.68. The Balaban J connectivity index is 1.97. The highest BCUT2D eigenvalue weighted by molar-refractivity contribution is 4.95. The van der Waals surface area contributed by atoms with Gasteiger partial charge in [0.15, 0.2) is 0 Å². The lowest BCUT2D eigenvalue weighted by Gasteiger charge is -2.25. The van der Waals surface area contributed by atoms with Crippen LogP contribution in [0.25, 0.3) is 0 Å². The summed E-state index contributed by atoms with van der Waals surface area (Å²) in [6.45, 7) is 1.80. The highest BCUT2D eigenvalue weighted by Gasteiger charge is 2.44. The molecule has 2 unspecified atom stereocenters. The first-order valence-electron chi connectivity index (χ1n) is 4.75. The Morgan fingerprint density at radius 1 is 0.818 bits per heavy atom. The van der Waals surface area contributed by atoms with Gasteiger partial charge in [-0.15, -0.1) is 0 Å². The zero-order chi connectivity index (χ0) is 7.84. The number of hydrogen-bond acceptors (Lipinski definition) is 2. The third-order valence-electron chi connectivity index (χ3n) is 3.76. The lowest BCUT2D eigenvalue weighted by atomic mass is 9.82. The number of nitrogens with two attached hydrogens (primary N) is 2. The van der Waals surface area contributed by atoms with Gasteiger partial charge in [-0.2, -0.15) is 0 Å². The summed E-state index contributed by atoms with van der Waals surface area (Å²) in [5.74, 6) is 3.53. The fourth-order valence-electron chi connectivity index (χ4n) is 3.09. The van der Waals surface area contributed by atoms with Crippen LogP contribution in [0.1, 0.15) is 19.3 Å². The van der Waals surface area contributed by atoms with Gasteiger partial charge in [-0.05, 0) is 56.0 Å². The van der Waals surface area contributed by atoms with E-state index in [4.69, 9.17) is 11.5 Å². The molecule has 0 amide bonds. The van der Waals surface area contributed by atoms with Gasteiger partial charge in [-0.25, -0.2) is 0 Å². The van der Waals surface area contributed by atoms with Gasteiger partial charge in [-0.3, -0.25) is 0 Å². The maximum atomic E-state index is 5.68. The maximum Gasteiger partial charge on any atom is -0.00461 e. The van der Waals surface area contributed by atoms with Gasteiger partial charge < -0.3 is 11.5 Å². The van der Waals surface area contributed by atoms with Crippen LogP contribution in [0.4, 0.5) is 0 Å². The van der Waals surface area contributed by atoms with Gasteiger partial charge in [0.25, 0.3) is 0 Å². The van der Waals surface area contributed by atoms with Crippen molar-refractivity contribution in [1.29, 1.82) is 0 Å². The second-order valence-electron chi connectivity index (χ2n) is 4.22. The van der Waals surface area contributed by atoms with E-state index in [1.165, 1.54) is 19.3 Å². The Hall–Kier alpha value is -0.0800. The van der Waals surface area contributed by atoms with Crippen molar-refractivity contribution in [1.82, 2.24) is 0 Å². The minimum absolute atomic E-state index is 0.836. The molecule has 2 saturated carbocycles. The first-order valence-corrected chi connectivity index (χ1v) is 4.75. The standard InChI is InChI=1S/C9H18N2/c10-4-8-2-6-1-7(8)3-9(6)5-11/h6-9H,1-5,10-11H2/t6?,7?,8-,9+. The van der Waals surface area contributed by atoms with Gasteiger partial charge in [0.1, 0.15) is 0 Å². The predicted molar refractivity (Wildman–Crippen MR) is 45.9 cm³/mol. The topological polar surface area (TPSA) is 52.0 Å². The van der Waals surface area contributed by atoms with E-state index in [2.05, 4.69) is 0 Å². The van der Waals surface area contributed by atoms with Crippen LogP contribution in [0.5, 0.6) is 0 Å². The molecule has 64 valence electrons. The van der Waals surface area contributed by atoms with Crippen molar-refractivity contribution in [3.8, 4) is 0 Å². The summed E-state index contributed by atoms with van der Waals surface area (Å²) in [6.07, 6.45) is 4.15. The predicted octanol–water partition coefficient (Wildman–Crippen LogP) is 0.566. The van der Waals surface area contributed by atoms with E-state index in [9.17, 15) is 0 Å². The van der Waals surface area contributed by atoms with E-state index >= 15 is 0 Å². The van der Waals surface area contributed by atoms with Crippen molar-refractivity contribution in [2.24, 2.45) is 35.1 Å². The molecule has 0 aromatic rings. The lowest BCUT2D eigenvalue weighted by molar-refractivity contribution is 0.267. The molecule has 0 aromatic heterocycles. The molecule has 0 aromatic carbocycles. The molecule has 2 aliphatic rings. The summed E-state index contributed by atoms with van der Waals surface area (Å²) in [7, 11) is 0. The second kappa shape index (κ2) is 2.76. The molecule has 0 radical (unpaired) electrons. The van der Waals surface area contributed by atoms with Gasteiger partial charge in [-0.1, -0.05) is 0 Å². The average molecular weight is 154 g/mol. The normalized spacial score (nSPS) is 48.5. The Bertz CT molecular complexity index is 130. The summed E-state index contributed by atoms with van der Waals surface area (Å²) >= 11 is 0. The third kappa shape index (κ3) is 1.09. The van der Waals surface area contributed by atoms with Crippen molar-refractivity contribution in [2.75, 3.05) is 13.1 Å². The Labute approximate surface area is 68.3 Å². The van der Waals surface area contributed by atoms with Crippen molar-refractivity contribution >= 4 is 0 Å². The Morgan fingerprint density at radius 2 is 1.27 bits per heavy atom. The molecule has 0 heterocycles. The van der Waals surface area contributed by atoms with Crippen LogP contribution in [0, 0.1) is 23.7 Å². The van der Waals surface area contributed by atoms with Gasteiger partial charge >= 0.3 is 0 Å². The molecule has 4 N–H and O–H groups in total. The average Bonchev–Trinajstić information content (AvgIpc) is 2.60. The Kier molecular flexibility index (Phi) is 1.90. The summed E-state index contributed by atoms with van der Waals surface area (Å²) in [4.78, 5) is 0. The molecule has 2 rings (SSSR count). The van der Waals surface area contributed by atoms with E-state index in [1.807, 2.05) is 0 Å². The molecule has 2 fully saturated rings. The highest BCUT2D eigenvalue weighted by atomic mass is 14.6. The Morgan fingerprint density at radius 3 is 1.55 bits per heavy atom. The molecule has 0 saturated heterocycles. The lowest BCUT2D eigenvalue weighted by Crippen LogP contribution is -2.27. The molecule has 4 atom stereocenters. The van der Waals surface area contributed by atoms with Crippen molar-refractivity contribution in [3.63, 3.8) is 0 Å². The molecular weight excluding hydrogens is 136 g/mol. The molecule has 11 heavy (non-hydrogen) atoms. The number of rotatable bonds is 2. The zero-order valence-corrected chi connectivity index (χ0v) is 7.00. The van der Waals surface area contributed by atoms with E-state index < -0.39 is 0 Å². The summed E-state index contributed by atoms with van der Waals surface area (Å²) in [5.41, 5.74) is 11.4. The van der Waals surface area contributed by atoms with Crippen LogP contribution in [-0.4, -0.2) is 13.1 Å². The molecule has 2 heteroatoms. The van der Waals surface area contributed by atoms with Crippen LogP contribution < -0.4 is 11.5 Å². The quantitative estimate of drug-likeness (QED) is 0.611.